The fraction of sp³-hybridized carbons (Fsp3) is 1.00. The highest BCUT2D eigenvalue weighted by Crippen LogP contribution is 2.61. The first-order chi connectivity index (χ1) is 6.69. The maximum Gasteiger partial charge on any atom is 0.0549 e. The minimum absolute atomic E-state index is 0.417. The van der Waals surface area contributed by atoms with Crippen LogP contribution in [0.2, 0.25) is 0 Å². The van der Waals surface area contributed by atoms with Gasteiger partial charge in [-0.15, -0.1) is 0 Å². The summed E-state index contributed by atoms with van der Waals surface area (Å²) in [7, 11) is 3.90. The van der Waals surface area contributed by atoms with Crippen LogP contribution in [0.15, 0.2) is 0 Å². The third-order valence-electron chi connectivity index (χ3n) is 4.13. The Balaban J connectivity index is 1.93. The Kier molecular flexibility index (Phi) is 2.85. The molecule has 2 nitrogen and oxygen atoms in total. The van der Waals surface area contributed by atoms with Gasteiger partial charge in [0.05, 0.1) is 6.10 Å². The molecule has 2 aliphatic rings. The van der Waals surface area contributed by atoms with Crippen molar-refractivity contribution in [2.75, 3.05) is 20.7 Å². The molecule has 14 heavy (non-hydrogen) atoms. The zero-order valence-corrected chi connectivity index (χ0v) is 9.68. The molecule has 2 saturated carbocycles. The van der Waals surface area contributed by atoms with Gasteiger partial charge in [-0.1, -0.05) is 0 Å². The van der Waals surface area contributed by atoms with E-state index in [2.05, 4.69) is 19.3 Å². The fourth-order valence-corrected chi connectivity index (χ4v) is 3.46. The van der Waals surface area contributed by atoms with E-state index in [4.69, 9.17) is 4.74 Å². The molecular weight excluding hydrogens is 174 g/mol. The minimum Gasteiger partial charge on any atom is -0.382 e. The lowest BCUT2D eigenvalue weighted by Crippen LogP contribution is -2.34. The second-order valence-corrected chi connectivity index (χ2v) is 5.44. The molecular formula is C12H23NO. The van der Waals surface area contributed by atoms with E-state index in [0.29, 0.717) is 11.5 Å². The van der Waals surface area contributed by atoms with Gasteiger partial charge in [-0.3, -0.25) is 0 Å². The Morgan fingerprint density at radius 3 is 2.57 bits per heavy atom. The van der Waals surface area contributed by atoms with Crippen LogP contribution in [0, 0.1) is 17.3 Å². The minimum atomic E-state index is 0.417. The van der Waals surface area contributed by atoms with Gasteiger partial charge in [-0.05, 0) is 56.9 Å². The van der Waals surface area contributed by atoms with Crippen molar-refractivity contribution < 1.29 is 4.74 Å². The second kappa shape index (κ2) is 3.82. The zero-order valence-electron chi connectivity index (χ0n) is 9.68. The lowest BCUT2D eigenvalue weighted by Gasteiger charge is -2.33. The van der Waals surface area contributed by atoms with Gasteiger partial charge in [-0.2, -0.15) is 0 Å². The average Bonchev–Trinajstić information content (AvgIpc) is 2.75. The van der Waals surface area contributed by atoms with Crippen LogP contribution in [0.4, 0.5) is 0 Å². The fourth-order valence-electron chi connectivity index (χ4n) is 3.46. The summed E-state index contributed by atoms with van der Waals surface area (Å²) in [6.45, 7) is 3.37. The number of hydrogen-bond acceptors (Lipinski definition) is 2. The predicted molar refractivity (Wildman–Crippen MR) is 58.3 cm³/mol. The van der Waals surface area contributed by atoms with Crippen LogP contribution in [0.25, 0.3) is 0 Å². The molecule has 0 aliphatic heterocycles. The van der Waals surface area contributed by atoms with Crippen LogP contribution in [-0.4, -0.2) is 26.8 Å². The molecule has 0 radical (unpaired) electrons. The van der Waals surface area contributed by atoms with E-state index >= 15 is 0 Å². The zero-order chi connectivity index (χ0) is 10.2. The topological polar surface area (TPSA) is 21.3 Å². The summed E-state index contributed by atoms with van der Waals surface area (Å²) >= 11 is 0. The quantitative estimate of drug-likeness (QED) is 0.728. The van der Waals surface area contributed by atoms with Gasteiger partial charge in [0.1, 0.15) is 0 Å². The van der Waals surface area contributed by atoms with E-state index in [1.54, 1.807) is 0 Å². The van der Waals surface area contributed by atoms with Gasteiger partial charge in [-0.25, -0.2) is 0 Å². The smallest absolute Gasteiger partial charge is 0.0549 e. The molecule has 1 N–H and O–H groups in total. The number of hydrogen-bond donors (Lipinski definition) is 1. The van der Waals surface area contributed by atoms with Crippen LogP contribution in [0.1, 0.15) is 32.6 Å². The third-order valence-corrected chi connectivity index (χ3v) is 4.13. The predicted octanol–water partition coefficient (Wildman–Crippen LogP) is 2.05. The highest BCUT2D eigenvalue weighted by molar-refractivity contribution is 5.04. The summed E-state index contributed by atoms with van der Waals surface area (Å²) in [5, 5.41) is 3.37. The summed E-state index contributed by atoms with van der Waals surface area (Å²) in [5.41, 5.74) is 0.553. The molecule has 0 amide bonds. The van der Waals surface area contributed by atoms with Gasteiger partial charge < -0.3 is 10.1 Å². The highest BCUT2D eigenvalue weighted by Gasteiger charge is 2.53. The van der Waals surface area contributed by atoms with Gasteiger partial charge in [0.15, 0.2) is 0 Å². The van der Waals surface area contributed by atoms with Gasteiger partial charge in [0.25, 0.3) is 0 Å². The van der Waals surface area contributed by atoms with Crippen molar-refractivity contribution >= 4 is 0 Å². The Bertz CT molecular complexity index is 194. The molecule has 2 heteroatoms. The second-order valence-electron chi connectivity index (χ2n) is 5.44. The number of methoxy groups -OCH3 is 1. The molecule has 0 saturated heterocycles. The molecule has 0 aromatic heterocycles. The van der Waals surface area contributed by atoms with Crippen LogP contribution in [0.5, 0.6) is 0 Å². The maximum absolute atomic E-state index is 5.41. The molecule has 0 aromatic carbocycles. The highest BCUT2D eigenvalue weighted by atomic mass is 16.5. The van der Waals surface area contributed by atoms with Gasteiger partial charge in [0, 0.05) is 13.7 Å². The number of fused-ring (bicyclic) bond motifs is 1. The van der Waals surface area contributed by atoms with Crippen LogP contribution >= 0.6 is 0 Å². The number of rotatable bonds is 5. The molecule has 82 valence electrons. The Morgan fingerprint density at radius 1 is 1.43 bits per heavy atom. The maximum atomic E-state index is 5.41. The van der Waals surface area contributed by atoms with E-state index in [0.717, 1.165) is 11.8 Å². The molecule has 0 heterocycles. The molecule has 3 unspecified atom stereocenters. The van der Waals surface area contributed by atoms with E-state index in [1.165, 1.54) is 32.2 Å². The lowest BCUT2D eigenvalue weighted by molar-refractivity contribution is 0.0608. The summed E-state index contributed by atoms with van der Waals surface area (Å²) in [4.78, 5) is 0. The van der Waals surface area contributed by atoms with Crippen LogP contribution in [-0.2, 0) is 4.74 Å². The van der Waals surface area contributed by atoms with Crippen molar-refractivity contribution in [3.8, 4) is 0 Å². The van der Waals surface area contributed by atoms with E-state index in [-0.39, 0.29) is 0 Å². The van der Waals surface area contributed by atoms with Crippen molar-refractivity contribution in [1.29, 1.82) is 0 Å². The van der Waals surface area contributed by atoms with E-state index < -0.39 is 0 Å². The van der Waals surface area contributed by atoms with Crippen molar-refractivity contribution in [1.82, 2.24) is 5.32 Å². The van der Waals surface area contributed by atoms with Crippen LogP contribution < -0.4 is 5.32 Å². The lowest BCUT2D eigenvalue weighted by atomic mass is 9.78. The van der Waals surface area contributed by atoms with Crippen molar-refractivity contribution in [2.24, 2.45) is 17.3 Å². The molecule has 2 fully saturated rings. The molecule has 0 spiro atoms. The largest absolute Gasteiger partial charge is 0.382 e. The first-order valence-electron chi connectivity index (χ1n) is 5.86. The summed E-state index contributed by atoms with van der Waals surface area (Å²) < 4.78 is 5.41. The summed E-state index contributed by atoms with van der Waals surface area (Å²) in [6.07, 6.45) is 6.03. The Morgan fingerprint density at radius 2 is 2.07 bits per heavy atom. The number of ether oxygens (including phenoxy) is 1. The Hall–Kier alpha value is -0.0800. The molecule has 2 aliphatic carbocycles. The van der Waals surface area contributed by atoms with Gasteiger partial charge in [0.2, 0.25) is 0 Å². The average molecular weight is 197 g/mol. The molecule has 0 bridgehead atoms. The van der Waals surface area contributed by atoms with E-state index in [1.807, 2.05) is 7.11 Å². The standard InChI is InChI=1S/C12H23NO/c1-9(14-3)5-12(8-13-2)6-10-4-11(10)7-12/h9-11,13H,4-8H2,1-3H3. The van der Waals surface area contributed by atoms with Crippen molar-refractivity contribution in [2.45, 2.75) is 38.7 Å². The normalized spacial score (nSPS) is 42.2. The van der Waals surface area contributed by atoms with Gasteiger partial charge >= 0.3 is 0 Å². The summed E-state index contributed by atoms with van der Waals surface area (Å²) in [5.74, 6) is 2.12. The SMILES string of the molecule is CNCC1(CC(C)OC)CC2CC2C1. The first kappa shape index (κ1) is 10.4. The summed E-state index contributed by atoms with van der Waals surface area (Å²) in [6, 6.07) is 0. The monoisotopic (exact) mass is 197 g/mol. The number of nitrogens with one attached hydrogen (secondary N) is 1. The Labute approximate surface area is 87.4 Å². The molecule has 0 aromatic rings. The molecule has 2 rings (SSSR count). The molecule has 3 atom stereocenters. The van der Waals surface area contributed by atoms with Crippen LogP contribution in [0.3, 0.4) is 0 Å². The third kappa shape index (κ3) is 1.96. The van der Waals surface area contributed by atoms with Crippen molar-refractivity contribution in [3.05, 3.63) is 0 Å². The first-order valence-corrected chi connectivity index (χ1v) is 5.86. The van der Waals surface area contributed by atoms with E-state index in [9.17, 15) is 0 Å². The van der Waals surface area contributed by atoms with Crippen molar-refractivity contribution in [3.63, 3.8) is 0 Å².